The van der Waals surface area contributed by atoms with Crippen LogP contribution in [0, 0.1) is 0 Å². The zero-order valence-corrected chi connectivity index (χ0v) is 43.9. The molecule has 0 N–H and O–H groups in total. The van der Waals surface area contributed by atoms with Gasteiger partial charge in [-0.25, -0.2) is 0 Å². The molecule has 0 spiro atoms. The Kier molecular flexibility index (Phi) is 52.4. The second kappa shape index (κ2) is 55.2. The summed E-state index contributed by atoms with van der Waals surface area (Å²) >= 11 is 0. The van der Waals surface area contributed by atoms with Crippen LogP contribution in [0.4, 0.5) is 0 Å². The standard InChI is InChI=1S/C61H104O6/c1-4-7-10-13-16-19-22-24-26-27-28-29-30-31-32-33-35-36-39-42-45-48-51-54-60(63)66-57-58(56-65-59(62)53-50-47-44-41-38-21-18-15-12-9-6-3)67-61(64)55-52-49-46-43-40-37-34-25-23-20-17-14-11-8-5-2/h7,10,15-16,18-19,24,26,28-29,31-32,35-36,58H,4-6,8-9,11-14,17,20-23,25,27,30,33-34,37-57H2,1-3H3/b10-7-,18-15-,19-16-,26-24-,29-28-,32-31-,36-35-. The molecule has 1 unspecified atom stereocenters. The predicted octanol–water partition coefficient (Wildman–Crippen LogP) is 18.8. The maximum atomic E-state index is 12.8. The first-order valence-corrected chi connectivity index (χ1v) is 28.1. The van der Waals surface area contributed by atoms with Gasteiger partial charge >= 0.3 is 17.9 Å². The lowest BCUT2D eigenvalue weighted by molar-refractivity contribution is -0.167. The van der Waals surface area contributed by atoms with Gasteiger partial charge in [0.15, 0.2) is 6.10 Å². The van der Waals surface area contributed by atoms with Crippen molar-refractivity contribution in [1.29, 1.82) is 0 Å². The van der Waals surface area contributed by atoms with Crippen LogP contribution in [0.5, 0.6) is 0 Å². The predicted molar refractivity (Wildman–Crippen MR) is 288 cm³/mol. The first kappa shape index (κ1) is 63.6. The zero-order chi connectivity index (χ0) is 48.6. The Labute approximate surface area is 414 Å². The molecule has 0 rings (SSSR count). The van der Waals surface area contributed by atoms with Gasteiger partial charge in [-0.2, -0.15) is 0 Å². The van der Waals surface area contributed by atoms with E-state index in [9.17, 15) is 14.4 Å². The summed E-state index contributed by atoms with van der Waals surface area (Å²) in [7, 11) is 0. The molecule has 6 heteroatoms. The summed E-state index contributed by atoms with van der Waals surface area (Å²) in [5, 5.41) is 0. The van der Waals surface area contributed by atoms with Crippen molar-refractivity contribution in [2.24, 2.45) is 0 Å². The molecule has 6 nitrogen and oxygen atoms in total. The number of ether oxygens (including phenoxy) is 3. The third kappa shape index (κ3) is 53.4. The normalized spacial score (nSPS) is 12.7. The van der Waals surface area contributed by atoms with E-state index >= 15 is 0 Å². The van der Waals surface area contributed by atoms with Gasteiger partial charge < -0.3 is 14.2 Å². The average molecular weight is 933 g/mol. The van der Waals surface area contributed by atoms with Gasteiger partial charge in [0.1, 0.15) is 13.2 Å². The van der Waals surface area contributed by atoms with E-state index in [2.05, 4.69) is 106 Å². The Hall–Kier alpha value is -3.41. The molecule has 0 aliphatic rings. The Morgan fingerprint density at radius 1 is 0.313 bits per heavy atom. The zero-order valence-electron chi connectivity index (χ0n) is 43.9. The first-order valence-electron chi connectivity index (χ1n) is 28.1. The van der Waals surface area contributed by atoms with Crippen molar-refractivity contribution < 1.29 is 28.6 Å². The molecule has 0 fully saturated rings. The molecule has 0 amide bonds. The average Bonchev–Trinajstić information content (AvgIpc) is 3.33. The molecule has 0 bridgehead atoms. The molecular formula is C61H104O6. The van der Waals surface area contributed by atoms with Crippen LogP contribution in [0.1, 0.15) is 265 Å². The van der Waals surface area contributed by atoms with Gasteiger partial charge in [0.2, 0.25) is 0 Å². The minimum atomic E-state index is -0.788. The molecule has 0 saturated carbocycles. The van der Waals surface area contributed by atoms with Gasteiger partial charge in [0.25, 0.3) is 0 Å². The molecule has 384 valence electrons. The number of allylic oxidation sites excluding steroid dienone is 14. The fourth-order valence-corrected chi connectivity index (χ4v) is 7.66. The highest BCUT2D eigenvalue weighted by atomic mass is 16.6. The third-order valence-corrected chi connectivity index (χ3v) is 11.9. The monoisotopic (exact) mass is 933 g/mol. The Bertz CT molecular complexity index is 1300. The van der Waals surface area contributed by atoms with Crippen molar-refractivity contribution in [3.8, 4) is 0 Å². The molecule has 0 aromatic carbocycles. The van der Waals surface area contributed by atoms with Crippen molar-refractivity contribution in [3.63, 3.8) is 0 Å². The molecule has 0 heterocycles. The van der Waals surface area contributed by atoms with E-state index in [1.807, 2.05) is 0 Å². The third-order valence-electron chi connectivity index (χ3n) is 11.9. The highest BCUT2D eigenvalue weighted by molar-refractivity contribution is 5.71. The van der Waals surface area contributed by atoms with E-state index in [1.165, 1.54) is 109 Å². The summed E-state index contributed by atoms with van der Waals surface area (Å²) in [5.74, 6) is -0.917. The summed E-state index contributed by atoms with van der Waals surface area (Å²) in [6.45, 7) is 6.47. The number of rotatable bonds is 50. The molecule has 0 radical (unpaired) electrons. The Balaban J connectivity index is 4.37. The first-order chi connectivity index (χ1) is 33.0. The number of hydrogen-bond donors (Lipinski definition) is 0. The fraction of sp³-hybridized carbons (Fsp3) is 0.721. The van der Waals surface area contributed by atoms with E-state index in [-0.39, 0.29) is 31.1 Å². The molecular weight excluding hydrogens is 829 g/mol. The van der Waals surface area contributed by atoms with Gasteiger partial charge in [0, 0.05) is 19.3 Å². The molecule has 67 heavy (non-hydrogen) atoms. The topological polar surface area (TPSA) is 78.9 Å². The highest BCUT2D eigenvalue weighted by Gasteiger charge is 2.19. The van der Waals surface area contributed by atoms with Crippen LogP contribution < -0.4 is 0 Å². The summed E-state index contributed by atoms with van der Waals surface area (Å²) in [4.78, 5) is 38.1. The van der Waals surface area contributed by atoms with E-state index in [0.29, 0.717) is 19.3 Å². The molecule has 0 aliphatic carbocycles. The minimum absolute atomic E-state index is 0.0876. The highest BCUT2D eigenvalue weighted by Crippen LogP contribution is 2.15. The molecule has 1 atom stereocenters. The molecule has 0 aromatic rings. The van der Waals surface area contributed by atoms with Crippen LogP contribution in [0.25, 0.3) is 0 Å². The van der Waals surface area contributed by atoms with Crippen molar-refractivity contribution >= 4 is 17.9 Å². The number of carbonyl (C=O) groups is 3. The largest absolute Gasteiger partial charge is 0.462 e. The minimum Gasteiger partial charge on any atom is -0.462 e. The Morgan fingerprint density at radius 3 is 0.970 bits per heavy atom. The molecule has 0 saturated heterocycles. The van der Waals surface area contributed by atoms with E-state index in [4.69, 9.17) is 14.2 Å². The SMILES string of the molecule is CC/C=C\C/C=C\C/C=C\C/C=C\C/C=C\C/C=C\CCCCCCC(=O)OCC(COC(=O)CCCCCCC/C=C\CCCC)OC(=O)CCCCCCCCCCCCCCCCC. The Morgan fingerprint density at radius 2 is 0.597 bits per heavy atom. The van der Waals surface area contributed by atoms with Crippen LogP contribution in [-0.2, 0) is 28.6 Å². The van der Waals surface area contributed by atoms with Gasteiger partial charge in [-0.1, -0.05) is 241 Å². The van der Waals surface area contributed by atoms with E-state index in [0.717, 1.165) is 116 Å². The lowest BCUT2D eigenvalue weighted by Gasteiger charge is -2.18. The van der Waals surface area contributed by atoms with Gasteiger partial charge in [0.05, 0.1) is 0 Å². The van der Waals surface area contributed by atoms with E-state index in [1.54, 1.807) is 0 Å². The smallest absolute Gasteiger partial charge is 0.306 e. The molecule has 0 aliphatic heterocycles. The van der Waals surface area contributed by atoms with Crippen molar-refractivity contribution in [1.82, 2.24) is 0 Å². The van der Waals surface area contributed by atoms with Gasteiger partial charge in [-0.3, -0.25) is 14.4 Å². The number of unbranched alkanes of at least 4 members (excludes halogenated alkanes) is 25. The second-order valence-corrected chi connectivity index (χ2v) is 18.5. The maximum absolute atomic E-state index is 12.8. The van der Waals surface area contributed by atoms with Crippen LogP contribution in [-0.4, -0.2) is 37.2 Å². The summed E-state index contributed by atoms with van der Waals surface area (Å²) in [5.41, 5.74) is 0. The van der Waals surface area contributed by atoms with Crippen molar-refractivity contribution in [2.45, 2.75) is 271 Å². The quantitative estimate of drug-likeness (QED) is 0.0262. The number of hydrogen-bond acceptors (Lipinski definition) is 6. The molecule has 0 aromatic heterocycles. The lowest BCUT2D eigenvalue weighted by Crippen LogP contribution is -2.30. The number of carbonyl (C=O) groups excluding carboxylic acids is 3. The van der Waals surface area contributed by atoms with Crippen LogP contribution in [0.2, 0.25) is 0 Å². The van der Waals surface area contributed by atoms with Crippen LogP contribution in [0.3, 0.4) is 0 Å². The van der Waals surface area contributed by atoms with Gasteiger partial charge in [-0.05, 0) is 89.9 Å². The van der Waals surface area contributed by atoms with Crippen LogP contribution >= 0.6 is 0 Å². The van der Waals surface area contributed by atoms with Crippen molar-refractivity contribution in [2.75, 3.05) is 13.2 Å². The summed E-state index contributed by atoms with van der Waals surface area (Å²) in [6.07, 6.45) is 71.4. The fourth-order valence-electron chi connectivity index (χ4n) is 7.66. The summed E-state index contributed by atoms with van der Waals surface area (Å²) < 4.78 is 16.8. The number of esters is 3. The van der Waals surface area contributed by atoms with E-state index < -0.39 is 6.10 Å². The van der Waals surface area contributed by atoms with Crippen molar-refractivity contribution in [3.05, 3.63) is 85.1 Å². The second-order valence-electron chi connectivity index (χ2n) is 18.5. The van der Waals surface area contributed by atoms with Crippen LogP contribution in [0.15, 0.2) is 85.1 Å². The van der Waals surface area contributed by atoms with Gasteiger partial charge in [-0.15, -0.1) is 0 Å². The lowest BCUT2D eigenvalue weighted by atomic mass is 10.0. The maximum Gasteiger partial charge on any atom is 0.306 e. The summed E-state index contributed by atoms with van der Waals surface area (Å²) in [6, 6.07) is 0.